The summed E-state index contributed by atoms with van der Waals surface area (Å²) in [4.78, 5) is 12.3. The van der Waals surface area contributed by atoms with Gasteiger partial charge in [-0.1, -0.05) is 15.9 Å². The van der Waals surface area contributed by atoms with E-state index in [2.05, 4.69) is 27.3 Å². The number of nitrogens with one attached hydrogen (secondary N) is 1. The van der Waals surface area contributed by atoms with Crippen molar-refractivity contribution in [2.45, 2.75) is 5.92 Å². The van der Waals surface area contributed by atoms with Gasteiger partial charge in [-0.3, -0.25) is 4.79 Å². The third-order valence-corrected chi connectivity index (χ3v) is 4.41. The Morgan fingerprint density at radius 3 is 3.15 bits per heavy atom. The number of anilines is 1. The summed E-state index contributed by atoms with van der Waals surface area (Å²) in [7, 11) is 0. The molecule has 4 nitrogen and oxygen atoms in total. The maximum Gasteiger partial charge on any atom is 0.236 e. The van der Waals surface area contributed by atoms with Gasteiger partial charge in [0.05, 0.1) is 5.56 Å². The Morgan fingerprint density at radius 1 is 1.50 bits per heavy atom. The molecule has 100 valence electrons. The molecule has 0 aliphatic carbocycles. The van der Waals surface area contributed by atoms with Crippen molar-refractivity contribution in [1.82, 2.24) is 0 Å². The standard InChI is InChI=1S/C14H9BrN2O2S/c15-9-1-2-12-10(5-9)11(7-19-12)13(18)17-14-8(6-16)3-4-20-14/h1-5,11H,7H2,(H,17,18). The fourth-order valence-electron chi connectivity index (χ4n) is 2.10. The number of halogens is 1. The van der Waals surface area contributed by atoms with Gasteiger partial charge in [0.15, 0.2) is 0 Å². The van der Waals surface area contributed by atoms with E-state index in [9.17, 15) is 4.79 Å². The lowest BCUT2D eigenvalue weighted by Crippen LogP contribution is -2.22. The minimum absolute atomic E-state index is 0.152. The molecule has 3 rings (SSSR count). The van der Waals surface area contributed by atoms with Crippen LogP contribution in [0.2, 0.25) is 0 Å². The number of carbonyl (C=O) groups excluding carboxylic acids is 1. The molecule has 0 bridgehead atoms. The molecule has 20 heavy (non-hydrogen) atoms. The third kappa shape index (κ3) is 2.30. The van der Waals surface area contributed by atoms with Gasteiger partial charge in [0.25, 0.3) is 0 Å². The van der Waals surface area contributed by atoms with Gasteiger partial charge in [0, 0.05) is 10.0 Å². The van der Waals surface area contributed by atoms with Crippen molar-refractivity contribution in [3.63, 3.8) is 0 Å². The Kier molecular flexibility index (Phi) is 3.47. The Bertz CT molecular complexity index is 720. The molecule has 0 fully saturated rings. The molecule has 0 saturated heterocycles. The highest BCUT2D eigenvalue weighted by Crippen LogP contribution is 2.37. The van der Waals surface area contributed by atoms with Crippen molar-refractivity contribution in [3.05, 3.63) is 45.2 Å². The highest BCUT2D eigenvalue weighted by molar-refractivity contribution is 9.10. The first kappa shape index (κ1) is 13.2. The van der Waals surface area contributed by atoms with Crippen molar-refractivity contribution in [3.8, 4) is 11.8 Å². The van der Waals surface area contributed by atoms with Crippen molar-refractivity contribution in [2.24, 2.45) is 0 Å². The summed E-state index contributed by atoms with van der Waals surface area (Å²) in [6.07, 6.45) is 0. The van der Waals surface area contributed by atoms with E-state index in [-0.39, 0.29) is 11.8 Å². The van der Waals surface area contributed by atoms with E-state index in [1.165, 1.54) is 11.3 Å². The number of rotatable bonds is 2. The van der Waals surface area contributed by atoms with E-state index in [0.29, 0.717) is 17.2 Å². The van der Waals surface area contributed by atoms with Crippen LogP contribution in [0.1, 0.15) is 17.0 Å². The lowest BCUT2D eigenvalue weighted by atomic mass is 10.0. The Hall–Kier alpha value is -1.84. The molecular formula is C14H9BrN2O2S. The molecule has 1 N–H and O–H groups in total. The average molecular weight is 349 g/mol. The largest absolute Gasteiger partial charge is 0.492 e. The van der Waals surface area contributed by atoms with E-state index in [4.69, 9.17) is 10.00 Å². The fourth-order valence-corrected chi connectivity index (χ4v) is 3.22. The summed E-state index contributed by atoms with van der Waals surface area (Å²) < 4.78 is 6.43. The molecule has 1 atom stereocenters. The van der Waals surface area contributed by atoms with Crippen LogP contribution in [-0.4, -0.2) is 12.5 Å². The minimum atomic E-state index is -0.351. The SMILES string of the molecule is N#Cc1ccsc1NC(=O)C1COc2ccc(Br)cc21. The number of benzene rings is 1. The number of thiophene rings is 1. The van der Waals surface area contributed by atoms with Gasteiger partial charge < -0.3 is 10.1 Å². The highest BCUT2D eigenvalue weighted by atomic mass is 79.9. The molecule has 1 unspecified atom stereocenters. The fraction of sp³-hybridized carbons (Fsp3) is 0.143. The first-order valence-electron chi connectivity index (χ1n) is 5.89. The van der Waals surface area contributed by atoms with Crippen LogP contribution in [-0.2, 0) is 4.79 Å². The van der Waals surface area contributed by atoms with Gasteiger partial charge >= 0.3 is 0 Å². The predicted octanol–water partition coefficient (Wildman–Crippen LogP) is 3.50. The number of amides is 1. The first-order chi connectivity index (χ1) is 9.69. The van der Waals surface area contributed by atoms with Crippen molar-refractivity contribution in [2.75, 3.05) is 11.9 Å². The van der Waals surface area contributed by atoms with Crippen molar-refractivity contribution < 1.29 is 9.53 Å². The average Bonchev–Trinajstić information content (AvgIpc) is 3.04. The zero-order chi connectivity index (χ0) is 14.1. The summed E-state index contributed by atoms with van der Waals surface area (Å²) in [5, 5.41) is 14.1. The number of nitriles is 1. The predicted molar refractivity (Wildman–Crippen MR) is 80.0 cm³/mol. The van der Waals surface area contributed by atoms with Crippen LogP contribution < -0.4 is 10.1 Å². The lowest BCUT2D eigenvalue weighted by Gasteiger charge is -2.09. The van der Waals surface area contributed by atoms with Gasteiger partial charge in [-0.05, 0) is 29.6 Å². The van der Waals surface area contributed by atoms with Gasteiger partial charge in [0.1, 0.15) is 29.3 Å². The molecule has 2 aromatic rings. The second kappa shape index (κ2) is 5.27. The minimum Gasteiger partial charge on any atom is -0.492 e. The summed E-state index contributed by atoms with van der Waals surface area (Å²) in [5.74, 6) is 0.233. The van der Waals surface area contributed by atoms with Crippen LogP contribution in [0.3, 0.4) is 0 Å². The first-order valence-corrected chi connectivity index (χ1v) is 7.57. The zero-order valence-corrected chi connectivity index (χ0v) is 12.6. The van der Waals surface area contributed by atoms with Gasteiger partial charge in [-0.2, -0.15) is 5.26 Å². The molecule has 1 amide bonds. The van der Waals surface area contributed by atoms with Crippen LogP contribution in [0.4, 0.5) is 5.00 Å². The maximum absolute atomic E-state index is 12.3. The van der Waals surface area contributed by atoms with Crippen LogP contribution in [0.5, 0.6) is 5.75 Å². The van der Waals surface area contributed by atoms with Crippen LogP contribution in [0.25, 0.3) is 0 Å². The van der Waals surface area contributed by atoms with E-state index in [1.54, 1.807) is 11.4 Å². The van der Waals surface area contributed by atoms with Crippen molar-refractivity contribution >= 4 is 38.2 Å². The van der Waals surface area contributed by atoms with E-state index in [1.807, 2.05) is 18.2 Å². The molecule has 0 saturated carbocycles. The summed E-state index contributed by atoms with van der Waals surface area (Å²) in [6.45, 7) is 0.324. The second-order valence-electron chi connectivity index (χ2n) is 4.31. The van der Waals surface area contributed by atoms with E-state index < -0.39 is 0 Å². The molecule has 1 aromatic carbocycles. The number of ether oxygens (including phenoxy) is 1. The molecule has 0 spiro atoms. The zero-order valence-electron chi connectivity index (χ0n) is 10.2. The van der Waals surface area contributed by atoms with Gasteiger partial charge in [0.2, 0.25) is 5.91 Å². The number of hydrogen-bond donors (Lipinski definition) is 1. The lowest BCUT2D eigenvalue weighted by molar-refractivity contribution is -0.117. The quantitative estimate of drug-likeness (QED) is 0.903. The van der Waals surface area contributed by atoms with Gasteiger partial charge in [-0.15, -0.1) is 11.3 Å². The van der Waals surface area contributed by atoms with Crippen LogP contribution >= 0.6 is 27.3 Å². The Morgan fingerprint density at radius 2 is 2.35 bits per heavy atom. The number of nitrogens with zero attached hydrogens (tertiary/aromatic N) is 1. The highest BCUT2D eigenvalue weighted by Gasteiger charge is 2.31. The topological polar surface area (TPSA) is 62.1 Å². The number of carbonyl (C=O) groups is 1. The molecular weight excluding hydrogens is 340 g/mol. The van der Waals surface area contributed by atoms with Crippen LogP contribution in [0.15, 0.2) is 34.1 Å². The maximum atomic E-state index is 12.3. The second-order valence-corrected chi connectivity index (χ2v) is 6.14. The molecule has 1 aliphatic rings. The Labute approximate surface area is 128 Å². The molecule has 1 aromatic heterocycles. The monoisotopic (exact) mass is 348 g/mol. The molecule has 1 aliphatic heterocycles. The van der Waals surface area contributed by atoms with Gasteiger partial charge in [-0.25, -0.2) is 0 Å². The van der Waals surface area contributed by atoms with Crippen LogP contribution in [0, 0.1) is 11.3 Å². The number of hydrogen-bond acceptors (Lipinski definition) is 4. The smallest absolute Gasteiger partial charge is 0.236 e. The summed E-state index contributed by atoms with van der Waals surface area (Å²) in [6, 6.07) is 9.37. The molecule has 6 heteroatoms. The Balaban J connectivity index is 1.84. The normalized spacial score (nSPS) is 16.1. The molecule has 2 heterocycles. The molecule has 0 radical (unpaired) electrons. The van der Waals surface area contributed by atoms with E-state index >= 15 is 0 Å². The van der Waals surface area contributed by atoms with Crippen molar-refractivity contribution in [1.29, 1.82) is 5.26 Å². The summed E-state index contributed by atoms with van der Waals surface area (Å²) >= 11 is 4.74. The van der Waals surface area contributed by atoms with E-state index in [0.717, 1.165) is 15.8 Å². The summed E-state index contributed by atoms with van der Waals surface area (Å²) in [5.41, 5.74) is 1.35. The third-order valence-electron chi connectivity index (χ3n) is 3.09. The number of fused-ring (bicyclic) bond motifs is 1.